The second kappa shape index (κ2) is 9.50. The Morgan fingerprint density at radius 3 is 2.48 bits per heavy atom. The molecule has 5 nitrogen and oxygen atoms in total. The summed E-state index contributed by atoms with van der Waals surface area (Å²) in [5, 5.41) is 2.90. The first-order chi connectivity index (χ1) is 10.9. The maximum Gasteiger partial charge on any atom is 0.256 e. The van der Waals surface area contributed by atoms with Crippen LogP contribution < -0.4 is 10.1 Å². The lowest BCUT2D eigenvalue weighted by Gasteiger charge is -2.30. The van der Waals surface area contributed by atoms with Crippen LogP contribution in [0.3, 0.4) is 0 Å². The average Bonchev–Trinajstić information content (AvgIpc) is 2.51. The van der Waals surface area contributed by atoms with E-state index in [9.17, 15) is 4.79 Å². The quantitative estimate of drug-likeness (QED) is 0.706. The molecule has 0 bridgehead atoms. The summed E-state index contributed by atoms with van der Waals surface area (Å²) >= 11 is 0. The molecule has 1 aromatic heterocycles. The smallest absolute Gasteiger partial charge is 0.256 e. The van der Waals surface area contributed by atoms with E-state index in [2.05, 4.69) is 24.1 Å². The van der Waals surface area contributed by atoms with Crippen LogP contribution in [0.2, 0.25) is 0 Å². The molecule has 0 aliphatic rings. The zero-order valence-electron chi connectivity index (χ0n) is 15.0. The molecular weight excluding hydrogens is 292 g/mol. The Bertz CT molecular complexity index is 474. The highest BCUT2D eigenvalue weighted by molar-refractivity contribution is 5.96. The predicted molar refractivity (Wildman–Crippen MR) is 92.8 cm³/mol. The number of hydrogen-bond donors (Lipinski definition) is 1. The minimum atomic E-state index is -0.832. The standard InChI is InChI=1S/C18H30N2O3/c1-6-10-22-16-9-8-15(13-19-16)20-17(21)18(5,12-14(3)4)23-11-7-2/h8-9,13-14H,6-7,10-12H2,1-5H3,(H,20,21)/t18-/m1/s1. The van der Waals surface area contributed by atoms with Crippen molar-refractivity contribution < 1.29 is 14.3 Å². The van der Waals surface area contributed by atoms with Crippen molar-refractivity contribution >= 4 is 11.6 Å². The minimum absolute atomic E-state index is 0.135. The van der Waals surface area contributed by atoms with Gasteiger partial charge in [-0.2, -0.15) is 0 Å². The summed E-state index contributed by atoms with van der Waals surface area (Å²) in [7, 11) is 0. The molecule has 1 rings (SSSR count). The Morgan fingerprint density at radius 1 is 1.26 bits per heavy atom. The van der Waals surface area contributed by atoms with E-state index < -0.39 is 5.60 Å². The molecule has 23 heavy (non-hydrogen) atoms. The van der Waals surface area contributed by atoms with Crippen molar-refractivity contribution in [3.63, 3.8) is 0 Å². The largest absolute Gasteiger partial charge is 0.478 e. The molecule has 1 aromatic rings. The molecule has 1 N–H and O–H groups in total. The fourth-order valence-corrected chi connectivity index (χ4v) is 2.33. The van der Waals surface area contributed by atoms with Crippen LogP contribution in [0.4, 0.5) is 5.69 Å². The molecule has 5 heteroatoms. The number of nitrogens with zero attached hydrogens (tertiary/aromatic N) is 1. The van der Waals surface area contributed by atoms with Crippen LogP contribution in [0.25, 0.3) is 0 Å². The number of nitrogens with one attached hydrogen (secondary N) is 1. The molecule has 1 atom stereocenters. The molecule has 1 amide bonds. The van der Waals surface area contributed by atoms with Gasteiger partial charge in [0.25, 0.3) is 5.91 Å². The van der Waals surface area contributed by atoms with Crippen molar-refractivity contribution in [3.8, 4) is 5.88 Å². The molecule has 0 saturated heterocycles. The minimum Gasteiger partial charge on any atom is -0.478 e. The van der Waals surface area contributed by atoms with Crippen LogP contribution in [0, 0.1) is 5.92 Å². The van der Waals surface area contributed by atoms with Crippen molar-refractivity contribution in [2.24, 2.45) is 5.92 Å². The maximum atomic E-state index is 12.6. The highest BCUT2D eigenvalue weighted by atomic mass is 16.5. The summed E-state index contributed by atoms with van der Waals surface area (Å²) in [6, 6.07) is 3.56. The molecule has 0 unspecified atom stereocenters. The van der Waals surface area contributed by atoms with E-state index in [1.165, 1.54) is 0 Å². The van der Waals surface area contributed by atoms with Crippen molar-refractivity contribution in [1.82, 2.24) is 4.98 Å². The third kappa shape index (κ3) is 6.57. The van der Waals surface area contributed by atoms with Crippen LogP contribution in [0.15, 0.2) is 18.3 Å². The van der Waals surface area contributed by atoms with E-state index in [4.69, 9.17) is 9.47 Å². The zero-order chi connectivity index (χ0) is 17.3. The molecule has 0 saturated carbocycles. The molecule has 0 fully saturated rings. The number of carbonyl (C=O) groups is 1. The molecule has 0 aromatic carbocycles. The number of amides is 1. The first kappa shape index (κ1) is 19.4. The van der Waals surface area contributed by atoms with Crippen molar-refractivity contribution in [1.29, 1.82) is 0 Å². The normalized spacial score (nSPS) is 13.7. The molecular formula is C18H30N2O3. The highest BCUT2D eigenvalue weighted by Crippen LogP contribution is 2.24. The molecule has 130 valence electrons. The van der Waals surface area contributed by atoms with Crippen molar-refractivity contribution in [3.05, 3.63) is 18.3 Å². The Balaban J connectivity index is 2.73. The van der Waals surface area contributed by atoms with Gasteiger partial charge in [0.15, 0.2) is 0 Å². The number of hydrogen-bond acceptors (Lipinski definition) is 4. The van der Waals surface area contributed by atoms with Gasteiger partial charge in [-0.15, -0.1) is 0 Å². The number of carbonyl (C=O) groups excluding carboxylic acids is 1. The SMILES string of the molecule is CCCOc1ccc(NC(=O)[C@@](C)(CC(C)C)OCCC)cn1. The molecule has 0 aliphatic carbocycles. The third-order valence-electron chi connectivity index (χ3n) is 3.35. The summed E-state index contributed by atoms with van der Waals surface area (Å²) in [4.78, 5) is 16.8. The van der Waals surface area contributed by atoms with E-state index in [-0.39, 0.29) is 5.91 Å². The summed E-state index contributed by atoms with van der Waals surface area (Å²) in [5.41, 5.74) is -0.185. The summed E-state index contributed by atoms with van der Waals surface area (Å²) in [6.45, 7) is 11.3. The summed E-state index contributed by atoms with van der Waals surface area (Å²) in [6.07, 6.45) is 4.09. The van der Waals surface area contributed by atoms with Gasteiger partial charge in [0, 0.05) is 12.7 Å². The Labute approximate surface area is 139 Å². The second-order valence-electron chi connectivity index (χ2n) is 6.36. The fourth-order valence-electron chi connectivity index (χ4n) is 2.33. The van der Waals surface area contributed by atoms with Crippen LogP contribution in [-0.4, -0.2) is 29.7 Å². The zero-order valence-corrected chi connectivity index (χ0v) is 15.0. The third-order valence-corrected chi connectivity index (χ3v) is 3.35. The lowest BCUT2D eigenvalue weighted by Crippen LogP contribution is -2.44. The molecule has 0 spiro atoms. The summed E-state index contributed by atoms with van der Waals surface area (Å²) < 4.78 is 11.3. The van der Waals surface area contributed by atoms with Crippen LogP contribution in [0.1, 0.15) is 53.9 Å². The average molecular weight is 322 g/mol. The topological polar surface area (TPSA) is 60.5 Å². The number of pyridine rings is 1. The van der Waals surface area contributed by atoms with Gasteiger partial charge in [-0.05, 0) is 38.2 Å². The summed E-state index contributed by atoms with van der Waals surface area (Å²) in [5.74, 6) is 0.797. The van der Waals surface area contributed by atoms with Gasteiger partial charge < -0.3 is 14.8 Å². The highest BCUT2D eigenvalue weighted by Gasteiger charge is 2.34. The van der Waals surface area contributed by atoms with Gasteiger partial charge in [-0.3, -0.25) is 4.79 Å². The Hall–Kier alpha value is -1.62. The molecule has 0 radical (unpaired) electrons. The van der Waals surface area contributed by atoms with E-state index >= 15 is 0 Å². The van der Waals surface area contributed by atoms with Crippen molar-refractivity contribution in [2.45, 2.75) is 59.5 Å². The van der Waals surface area contributed by atoms with Crippen LogP contribution >= 0.6 is 0 Å². The fraction of sp³-hybridized carbons (Fsp3) is 0.667. The number of rotatable bonds is 10. The lowest BCUT2D eigenvalue weighted by atomic mass is 9.93. The van der Waals surface area contributed by atoms with E-state index in [1.807, 2.05) is 20.8 Å². The van der Waals surface area contributed by atoms with Crippen molar-refractivity contribution in [2.75, 3.05) is 18.5 Å². The van der Waals surface area contributed by atoms with Crippen LogP contribution in [0.5, 0.6) is 5.88 Å². The number of aromatic nitrogens is 1. The van der Waals surface area contributed by atoms with Gasteiger partial charge in [-0.25, -0.2) is 4.98 Å². The van der Waals surface area contributed by atoms with Gasteiger partial charge >= 0.3 is 0 Å². The van der Waals surface area contributed by atoms with Crippen LogP contribution in [-0.2, 0) is 9.53 Å². The Morgan fingerprint density at radius 2 is 1.96 bits per heavy atom. The lowest BCUT2D eigenvalue weighted by molar-refractivity contribution is -0.141. The molecule has 1 heterocycles. The monoisotopic (exact) mass is 322 g/mol. The number of anilines is 1. The van der Waals surface area contributed by atoms with Gasteiger partial charge in [0.05, 0.1) is 18.5 Å². The van der Waals surface area contributed by atoms with E-state index in [0.29, 0.717) is 37.1 Å². The molecule has 0 aliphatic heterocycles. The first-order valence-electron chi connectivity index (χ1n) is 8.45. The first-order valence-corrected chi connectivity index (χ1v) is 8.45. The van der Waals surface area contributed by atoms with Gasteiger partial charge in [0.1, 0.15) is 5.60 Å². The van der Waals surface area contributed by atoms with Gasteiger partial charge in [0.2, 0.25) is 5.88 Å². The maximum absolute atomic E-state index is 12.6. The predicted octanol–water partition coefficient (Wildman–Crippen LogP) is 4.04. The van der Waals surface area contributed by atoms with E-state index in [0.717, 1.165) is 12.8 Å². The van der Waals surface area contributed by atoms with Gasteiger partial charge in [-0.1, -0.05) is 27.7 Å². The Kier molecular flexibility index (Phi) is 8.03. The van der Waals surface area contributed by atoms with E-state index in [1.54, 1.807) is 18.3 Å². The second-order valence-corrected chi connectivity index (χ2v) is 6.36. The number of ether oxygens (including phenoxy) is 2.